The number of epoxide rings is 4. The number of ether oxygens (including phenoxy) is 8. The molecule has 0 bridgehead atoms. The van der Waals surface area contributed by atoms with Crippen LogP contribution in [-0.4, -0.2) is 106 Å². The smallest absolute Gasteiger partial charge is 0.104 e. The molecule has 8 heteroatoms. The minimum atomic E-state index is 0. The molecule has 4 aliphatic rings. The Morgan fingerprint density at radius 3 is 0.673 bits per heavy atom. The van der Waals surface area contributed by atoms with Gasteiger partial charge in [0.05, 0.1) is 52.9 Å². The van der Waals surface area contributed by atoms with Crippen LogP contribution in [0.15, 0.2) is 121 Å². The Balaban J connectivity index is 0.000000224. The predicted molar refractivity (Wildman–Crippen MR) is 226 cm³/mol. The van der Waals surface area contributed by atoms with Crippen LogP contribution in [0, 0.1) is 0 Å². The molecule has 4 heterocycles. The second-order valence-corrected chi connectivity index (χ2v) is 12.9. The van der Waals surface area contributed by atoms with Gasteiger partial charge in [0.2, 0.25) is 0 Å². The predicted octanol–water partition coefficient (Wildman–Crippen LogP) is 9.25. The van der Waals surface area contributed by atoms with Crippen LogP contribution in [0.2, 0.25) is 0 Å². The van der Waals surface area contributed by atoms with Crippen LogP contribution >= 0.6 is 0 Å². The summed E-state index contributed by atoms with van der Waals surface area (Å²) in [4.78, 5) is 0. The van der Waals surface area contributed by atoms with Crippen molar-refractivity contribution in [3.05, 3.63) is 132 Å². The van der Waals surface area contributed by atoms with Crippen LogP contribution in [0.1, 0.15) is 32.4 Å². The van der Waals surface area contributed by atoms with E-state index in [9.17, 15) is 0 Å². The van der Waals surface area contributed by atoms with Crippen molar-refractivity contribution in [2.24, 2.45) is 0 Å². The molecule has 0 spiro atoms. The Bertz CT molecular complexity index is 1350. The Morgan fingerprint density at radius 2 is 0.564 bits per heavy atom. The van der Waals surface area contributed by atoms with Crippen LogP contribution in [0.25, 0.3) is 21.5 Å². The van der Waals surface area contributed by atoms with Crippen molar-refractivity contribution in [1.29, 1.82) is 0 Å². The van der Waals surface area contributed by atoms with Gasteiger partial charge in [-0.15, -0.1) is 0 Å². The van der Waals surface area contributed by atoms with E-state index in [1.165, 1.54) is 32.7 Å². The number of hydrogen-bond donors (Lipinski definition) is 0. The van der Waals surface area contributed by atoms with Gasteiger partial charge in [0.1, 0.15) is 24.4 Å². The van der Waals surface area contributed by atoms with Crippen molar-refractivity contribution in [3.8, 4) is 0 Å². The number of hydrogen-bond acceptors (Lipinski definition) is 8. The van der Waals surface area contributed by atoms with Crippen LogP contribution in [0.4, 0.5) is 0 Å². The van der Waals surface area contributed by atoms with Gasteiger partial charge >= 0.3 is 0 Å². The van der Waals surface area contributed by atoms with Crippen LogP contribution in [0.3, 0.4) is 0 Å². The van der Waals surface area contributed by atoms with Crippen LogP contribution < -0.4 is 0 Å². The zero-order chi connectivity index (χ0) is 38.6. The van der Waals surface area contributed by atoms with Crippen LogP contribution in [-0.2, 0) is 50.7 Å². The van der Waals surface area contributed by atoms with E-state index in [1.807, 2.05) is 0 Å². The van der Waals surface area contributed by atoms with E-state index in [1.54, 1.807) is 28.4 Å². The van der Waals surface area contributed by atoms with Gasteiger partial charge in [-0.05, 0) is 45.5 Å². The van der Waals surface area contributed by atoms with Crippen LogP contribution in [0.5, 0.6) is 0 Å². The zero-order valence-corrected chi connectivity index (χ0v) is 33.2. The molecule has 0 aliphatic carbocycles. The second-order valence-electron chi connectivity index (χ2n) is 12.9. The summed E-state index contributed by atoms with van der Waals surface area (Å²) >= 11 is 0. The summed E-state index contributed by atoms with van der Waals surface area (Å²) in [6.45, 7) is 11.0. The molecule has 4 unspecified atom stereocenters. The standard InChI is InChI=1S/2C10H8.C10H14.4C4H8O2.CH4/c2*1-2-6-10-8-4-3-7-9(10)5-1;1-3-9-5-7-10(4-2)8-6-9;4*1-5-2-4-3-6-4;/h2*1-8H;5-8H,3-4H2,1-2H3;4*4H,2-3H2,1H3;1H4. The molecule has 4 fully saturated rings. The van der Waals surface area contributed by atoms with Gasteiger partial charge in [-0.1, -0.05) is 143 Å². The molecule has 5 aromatic carbocycles. The fourth-order valence-electron chi connectivity index (χ4n) is 4.68. The molecule has 4 atom stereocenters. The third-order valence-corrected chi connectivity index (χ3v) is 8.18. The molecular formula is C47H66O8. The summed E-state index contributed by atoms with van der Waals surface area (Å²) in [6, 6.07) is 42.3. The second kappa shape index (κ2) is 29.6. The first-order valence-electron chi connectivity index (χ1n) is 18.9. The lowest BCUT2D eigenvalue weighted by atomic mass is 10.1. The lowest BCUT2D eigenvalue weighted by Gasteiger charge is -1.97. The monoisotopic (exact) mass is 758 g/mol. The topological polar surface area (TPSA) is 87.0 Å². The SMILES string of the molecule is C.CCc1ccc(CC)cc1.COCC1CO1.COCC1CO1.COCC1CO1.COCC1CO1.c1ccc2ccccc2c1.c1ccc2ccccc2c1. The van der Waals surface area contributed by atoms with E-state index >= 15 is 0 Å². The van der Waals surface area contributed by atoms with E-state index < -0.39 is 0 Å². The Morgan fingerprint density at radius 1 is 0.382 bits per heavy atom. The fourth-order valence-corrected chi connectivity index (χ4v) is 4.68. The van der Waals surface area contributed by atoms with Crippen molar-refractivity contribution in [2.45, 2.75) is 58.5 Å². The molecule has 9 rings (SSSR count). The van der Waals surface area contributed by atoms with Gasteiger partial charge in [-0.3, -0.25) is 0 Å². The molecule has 4 aliphatic heterocycles. The summed E-state index contributed by atoms with van der Waals surface area (Å²) in [5.41, 5.74) is 2.86. The third kappa shape index (κ3) is 23.7. The molecule has 4 saturated heterocycles. The number of fused-ring (bicyclic) bond motifs is 2. The van der Waals surface area contributed by atoms with E-state index in [4.69, 9.17) is 37.9 Å². The van der Waals surface area contributed by atoms with E-state index in [0.717, 1.165) is 65.7 Å². The normalized spacial score (nSPS) is 18.7. The number of benzene rings is 5. The molecule has 0 aromatic heterocycles. The summed E-state index contributed by atoms with van der Waals surface area (Å²) in [6.07, 6.45) is 3.99. The van der Waals surface area contributed by atoms with Crippen molar-refractivity contribution < 1.29 is 37.9 Å². The molecule has 0 N–H and O–H groups in total. The van der Waals surface area contributed by atoms with Crippen molar-refractivity contribution in [2.75, 3.05) is 81.3 Å². The van der Waals surface area contributed by atoms with Gasteiger partial charge in [0.15, 0.2) is 0 Å². The molecule has 55 heavy (non-hydrogen) atoms. The maximum atomic E-state index is 4.82. The summed E-state index contributed by atoms with van der Waals surface area (Å²) < 4.78 is 38.3. The number of rotatable bonds is 10. The summed E-state index contributed by atoms with van der Waals surface area (Å²) in [5.74, 6) is 0. The maximum absolute atomic E-state index is 4.82. The molecule has 0 amide bonds. The van der Waals surface area contributed by atoms with Gasteiger partial charge < -0.3 is 37.9 Å². The molecule has 5 aromatic rings. The highest BCUT2D eigenvalue weighted by molar-refractivity contribution is 5.82. The minimum absolute atomic E-state index is 0. The highest BCUT2D eigenvalue weighted by Gasteiger charge is 2.22. The highest BCUT2D eigenvalue weighted by Crippen LogP contribution is 2.13. The molecule has 0 radical (unpaired) electrons. The van der Waals surface area contributed by atoms with Crippen molar-refractivity contribution >= 4 is 21.5 Å². The average molecular weight is 759 g/mol. The van der Waals surface area contributed by atoms with Crippen molar-refractivity contribution in [1.82, 2.24) is 0 Å². The summed E-state index contributed by atoms with van der Waals surface area (Å²) in [5, 5.41) is 5.24. The van der Waals surface area contributed by atoms with Gasteiger partial charge in [-0.25, -0.2) is 0 Å². The first-order chi connectivity index (χ1) is 26.5. The fraction of sp³-hybridized carbons (Fsp3) is 0.447. The minimum Gasteiger partial charge on any atom is -0.382 e. The lowest BCUT2D eigenvalue weighted by Crippen LogP contribution is -1.94. The first-order valence-corrected chi connectivity index (χ1v) is 18.9. The Labute approximate surface area is 330 Å². The first kappa shape index (κ1) is 47.5. The largest absolute Gasteiger partial charge is 0.382 e. The Kier molecular flexibility index (Phi) is 25.5. The van der Waals surface area contributed by atoms with E-state index in [2.05, 4.69) is 135 Å². The summed E-state index contributed by atoms with van der Waals surface area (Å²) in [7, 11) is 6.73. The number of aryl methyl sites for hydroxylation is 2. The molecule has 302 valence electrons. The molecular weight excluding hydrogens is 693 g/mol. The average Bonchev–Trinajstić information content (AvgIpc) is 4.00. The van der Waals surface area contributed by atoms with E-state index in [-0.39, 0.29) is 7.43 Å². The maximum Gasteiger partial charge on any atom is 0.104 e. The Hall–Kier alpha value is -3.70. The van der Waals surface area contributed by atoms with Gasteiger partial charge in [0.25, 0.3) is 0 Å². The molecule has 8 nitrogen and oxygen atoms in total. The zero-order valence-electron chi connectivity index (χ0n) is 33.2. The quantitative estimate of drug-likeness (QED) is 0.130. The van der Waals surface area contributed by atoms with E-state index in [0.29, 0.717) is 24.4 Å². The highest BCUT2D eigenvalue weighted by atomic mass is 16.6. The van der Waals surface area contributed by atoms with Crippen molar-refractivity contribution in [3.63, 3.8) is 0 Å². The third-order valence-electron chi connectivity index (χ3n) is 8.18. The lowest BCUT2D eigenvalue weighted by molar-refractivity contribution is 0.171. The van der Waals surface area contributed by atoms with Gasteiger partial charge in [0, 0.05) is 28.4 Å². The molecule has 0 saturated carbocycles. The number of methoxy groups -OCH3 is 4. The van der Waals surface area contributed by atoms with Gasteiger partial charge in [-0.2, -0.15) is 0 Å².